The number of carbonyl (C=O) groups excluding carboxylic acids is 8. The van der Waals surface area contributed by atoms with E-state index in [1.54, 1.807) is 175 Å². The lowest BCUT2D eigenvalue weighted by Crippen LogP contribution is -2.35. The average molecular weight is 1870 g/mol. The normalized spacial score (nSPS) is 14.3. The number of hydrogen-bond acceptors (Lipinski definition) is 25. The predicted octanol–water partition coefficient (Wildman–Crippen LogP) is 16.5. The minimum absolute atomic E-state index is 0. The van der Waals surface area contributed by atoms with Crippen LogP contribution in [0.4, 0.5) is 63.1 Å². The van der Waals surface area contributed by atoms with E-state index in [1.807, 2.05) is 101 Å². The quantitative estimate of drug-likeness (QED) is 0.0115. The second kappa shape index (κ2) is 45.3. The molecule has 0 radical (unpaired) electrons. The number of likely N-dealkylation sites (tertiary alicyclic amines) is 3. The van der Waals surface area contributed by atoms with Gasteiger partial charge in [0.05, 0.1) is 27.0 Å². The summed E-state index contributed by atoms with van der Waals surface area (Å²) < 4.78 is 32.5. The van der Waals surface area contributed by atoms with Crippen molar-refractivity contribution in [3.05, 3.63) is 226 Å². The summed E-state index contributed by atoms with van der Waals surface area (Å²) in [5.74, 6) is 1.67. The molecule has 6 aromatic heterocycles. The van der Waals surface area contributed by atoms with Crippen LogP contribution in [0.3, 0.4) is 0 Å². The molecule has 6 aromatic carbocycles. The Hall–Kier alpha value is -14.7. The van der Waals surface area contributed by atoms with Gasteiger partial charge in [0.2, 0.25) is 70.3 Å². The summed E-state index contributed by atoms with van der Waals surface area (Å²) >= 11 is 6.08. The zero-order valence-electron chi connectivity index (χ0n) is 76.2. The first-order valence-electron chi connectivity index (χ1n) is 42.3. The third-order valence-corrected chi connectivity index (χ3v) is 21.9. The van der Waals surface area contributed by atoms with Crippen LogP contribution in [0.2, 0.25) is 5.28 Å². The molecule has 37 heteroatoms. The molecule has 15 rings (SSSR count). The average Bonchev–Trinajstić information content (AvgIpc) is 1.64. The lowest BCUT2D eigenvalue weighted by Gasteiger charge is -2.27. The Labute approximate surface area is 790 Å². The summed E-state index contributed by atoms with van der Waals surface area (Å²) in [5, 5.41) is 16.5. The molecule has 3 atom stereocenters. The molecule has 3 aliphatic rings. The van der Waals surface area contributed by atoms with Gasteiger partial charge in [0.1, 0.15) is 22.9 Å². The molecule has 133 heavy (non-hydrogen) atoms. The highest BCUT2D eigenvalue weighted by atomic mass is 35.5. The van der Waals surface area contributed by atoms with Gasteiger partial charge in [0.25, 0.3) is 0 Å². The van der Waals surface area contributed by atoms with Gasteiger partial charge in [0, 0.05) is 187 Å². The van der Waals surface area contributed by atoms with E-state index in [-0.39, 0.29) is 117 Å². The molecule has 0 spiro atoms. The minimum atomic E-state index is -0.657. The first kappa shape index (κ1) is 100. The van der Waals surface area contributed by atoms with Crippen molar-refractivity contribution in [2.24, 2.45) is 10.8 Å². The number of benzene rings is 6. The number of aromatic amines is 1. The zero-order valence-corrected chi connectivity index (χ0v) is 79.0. The number of anilines is 11. The van der Waals surface area contributed by atoms with E-state index < -0.39 is 10.8 Å². The molecule has 0 unspecified atom stereocenters. The fourth-order valence-corrected chi connectivity index (χ4v) is 14.4. The Morgan fingerprint density at radius 3 is 1.16 bits per heavy atom. The minimum Gasteiger partial charge on any atom is -0.443 e. The van der Waals surface area contributed by atoms with Crippen LogP contribution in [0.25, 0.3) is 33.1 Å². The number of fused-ring (bicyclic) bond motifs is 3. The molecular formula is C96H112ClN21O13S2. The van der Waals surface area contributed by atoms with Crippen LogP contribution in [-0.4, -0.2) is 185 Å². The number of nitrogen functional groups attached to an aromatic ring is 1. The fourth-order valence-electron chi connectivity index (χ4n) is 14.2. The fraction of sp³-hybridized carbons (Fsp3) is 0.292. The van der Waals surface area contributed by atoms with E-state index in [9.17, 15) is 38.4 Å². The summed E-state index contributed by atoms with van der Waals surface area (Å²) in [6.07, 6.45) is 11.7. The monoisotopic (exact) mass is 1870 g/mol. The van der Waals surface area contributed by atoms with Gasteiger partial charge >= 0.3 is 11.9 Å². The molecule has 12 aromatic rings. The first-order chi connectivity index (χ1) is 62.5. The molecule has 0 bridgehead atoms. The van der Waals surface area contributed by atoms with Crippen LogP contribution in [0.15, 0.2) is 220 Å². The number of hydrogen-bond donors (Lipinski definition) is 7. The number of H-pyrrole nitrogens is 1. The Morgan fingerprint density at radius 2 is 0.805 bits per heavy atom. The second-order valence-electron chi connectivity index (χ2n) is 33.4. The number of ether oxygens (including phenoxy) is 5. The number of nitrogens with zero attached hydrogens (tertiary/aromatic N) is 14. The Morgan fingerprint density at radius 1 is 0.459 bits per heavy atom. The van der Waals surface area contributed by atoms with Crippen molar-refractivity contribution in [2.75, 3.05) is 107 Å². The van der Waals surface area contributed by atoms with Crippen molar-refractivity contribution < 1.29 is 62.0 Å². The standard InChI is InChI=1S/C34H39N7O5.C28H29N7O3.C21H21ClN4O4.C13H19N3O.2H2S/c1-7-29(43)35-24-9-8-10-27(19-24)46-31-28-16-18-41(21-45-32(44)34(3,4)5)30(28)37-33(38-31)36-23-11-13-25(14-12-23)39(6)26-15-17-40(20-26)22(2)42;1-4-25(37)30-20-6-5-7-23(16-20)38-27-24-12-14-29-26(24)32-28(33-27)31-19-8-10-21(11-9-19)34(3)22-13-15-35(17-22)18(2)36;1-5-16(27)23-13-7-6-8-14(11-13)30-18-15-9-10-26(17(15)24-20(22)25-18)12-29-19(28)21(2,3)4;1-10(17)16-8-7-13(9-16)15(2)12-5-3-11(14)4-6-12;;/h7-14,16,18-19,26H,1,15,17,20-21H2,2-6H3,(H,35,43)(H,36,37,38);4-12,14,16,22H,1,13,15,17H2,2-3H3,(H,30,37)(H2,29,31,32,33);5-11H,1,12H2,2-4H3,(H,23,27);3-6,13H,7-9,14H2,1-2H3;2*1H2/t26-;22-;;13-;;/m00.0../s1. The van der Waals surface area contributed by atoms with Crippen molar-refractivity contribution in [3.8, 4) is 34.9 Å². The van der Waals surface area contributed by atoms with E-state index in [0.717, 1.165) is 91.5 Å². The van der Waals surface area contributed by atoms with Gasteiger partial charge in [-0.3, -0.25) is 47.5 Å². The summed E-state index contributed by atoms with van der Waals surface area (Å²) in [6.45, 7) is 30.6. The van der Waals surface area contributed by atoms with E-state index in [2.05, 4.69) is 105 Å². The molecular weight excluding hydrogens is 1750 g/mol. The maximum absolute atomic E-state index is 12.5. The highest BCUT2D eigenvalue weighted by molar-refractivity contribution is 7.59. The van der Waals surface area contributed by atoms with Crippen molar-refractivity contribution in [2.45, 2.75) is 113 Å². The molecule has 3 saturated heterocycles. The molecule has 9 heterocycles. The van der Waals surface area contributed by atoms with Crippen molar-refractivity contribution in [1.82, 2.24) is 58.7 Å². The first-order valence-corrected chi connectivity index (χ1v) is 42.7. The van der Waals surface area contributed by atoms with Gasteiger partial charge in [-0.05, 0) is 218 Å². The largest absolute Gasteiger partial charge is 0.443 e. The van der Waals surface area contributed by atoms with E-state index in [1.165, 1.54) is 18.2 Å². The number of amides is 6. The molecule has 3 fully saturated rings. The predicted molar refractivity (Wildman–Crippen MR) is 529 cm³/mol. The van der Waals surface area contributed by atoms with Gasteiger partial charge in [0.15, 0.2) is 24.8 Å². The number of likely N-dealkylation sites (N-methyl/N-ethyl adjacent to an activating group) is 3. The molecule has 3 aliphatic heterocycles. The number of nitrogens with one attached hydrogen (secondary N) is 6. The highest BCUT2D eigenvalue weighted by Crippen LogP contribution is 2.37. The molecule has 0 aliphatic carbocycles. The zero-order chi connectivity index (χ0) is 94.0. The van der Waals surface area contributed by atoms with Gasteiger partial charge in [-0.15, -0.1) is 0 Å². The van der Waals surface area contributed by atoms with E-state index >= 15 is 0 Å². The lowest BCUT2D eigenvalue weighted by atomic mass is 9.97. The second-order valence-corrected chi connectivity index (χ2v) is 33.7. The molecule has 698 valence electrons. The van der Waals surface area contributed by atoms with Crippen LogP contribution >= 0.6 is 38.6 Å². The highest BCUT2D eigenvalue weighted by Gasteiger charge is 2.32. The third-order valence-electron chi connectivity index (χ3n) is 21.8. The van der Waals surface area contributed by atoms with Crippen molar-refractivity contribution in [1.29, 1.82) is 0 Å². The number of halogens is 1. The van der Waals surface area contributed by atoms with Gasteiger partial charge in [-0.25, -0.2) is 0 Å². The number of nitrogens with two attached hydrogens (primary N) is 1. The van der Waals surface area contributed by atoms with Crippen LogP contribution in [0.5, 0.6) is 34.9 Å². The van der Waals surface area contributed by atoms with Crippen molar-refractivity contribution >= 4 is 182 Å². The Bertz CT molecular complexity index is 6180. The van der Waals surface area contributed by atoms with Gasteiger partial charge in [-0.2, -0.15) is 56.9 Å². The maximum atomic E-state index is 12.5. The maximum Gasteiger partial charge on any atom is 0.312 e. The van der Waals surface area contributed by atoms with Crippen LogP contribution in [0.1, 0.15) is 81.6 Å². The number of rotatable bonds is 26. The summed E-state index contributed by atoms with van der Waals surface area (Å²) in [4.78, 5) is 137. The Kier molecular flexibility index (Phi) is 34.2. The van der Waals surface area contributed by atoms with E-state index in [4.69, 9.17) is 46.0 Å². The van der Waals surface area contributed by atoms with Gasteiger partial charge < -0.3 is 90.4 Å². The molecule has 8 N–H and O–H groups in total. The van der Waals surface area contributed by atoms with Crippen LogP contribution < -0.4 is 61.2 Å². The third kappa shape index (κ3) is 27.0. The SMILES string of the molecule is C=CC(=O)Nc1cccc(Oc2nc(Cl)nc3c2ccn3COC(=O)C(C)(C)C)c1.C=CC(=O)Nc1cccc(Oc2nc(Nc3ccc(N(C)[C@H]4CCN(C(C)=O)C4)cc3)nc3[nH]ccc23)c1.C=CC(=O)Nc1cccc(Oc2nc(Nc3ccc(N(C)[C@H]4CCN(C(C)=O)C4)cc3)nc3c2ccn3COC(=O)C(C)(C)C)c1.CC(=O)N1CC[C@H](N(C)c2ccc(N)cc2)C1.S.S. The number of aromatic nitrogens is 9. The Balaban J connectivity index is 0.000000191. The van der Waals surface area contributed by atoms with Crippen LogP contribution in [-0.2, 0) is 61.3 Å². The summed E-state index contributed by atoms with van der Waals surface area (Å²) in [5.41, 5.74) is 13.2. The summed E-state index contributed by atoms with van der Waals surface area (Å²) in [6, 6.07) is 50.9. The van der Waals surface area contributed by atoms with Crippen molar-refractivity contribution in [3.63, 3.8) is 0 Å². The van der Waals surface area contributed by atoms with Crippen LogP contribution in [0, 0.1) is 10.8 Å². The molecule has 6 amide bonds. The molecule has 34 nitrogen and oxygen atoms in total. The van der Waals surface area contributed by atoms with E-state index in [0.29, 0.717) is 92.5 Å². The number of esters is 2. The smallest absolute Gasteiger partial charge is 0.312 e. The number of carbonyl (C=O) groups is 8. The summed E-state index contributed by atoms with van der Waals surface area (Å²) in [7, 11) is 6.16. The topological polar surface area (TPSA) is 391 Å². The van der Waals surface area contributed by atoms with Gasteiger partial charge in [-0.1, -0.05) is 37.9 Å². The molecule has 0 saturated carbocycles. The lowest BCUT2D eigenvalue weighted by molar-refractivity contribution is -0.157.